The number of amides is 2. The van der Waals surface area contributed by atoms with E-state index in [0.29, 0.717) is 6.42 Å². The van der Waals surface area contributed by atoms with Crippen LogP contribution in [0.4, 0.5) is 8.78 Å². The van der Waals surface area contributed by atoms with Crippen LogP contribution in [0.3, 0.4) is 0 Å². The van der Waals surface area contributed by atoms with Gasteiger partial charge < -0.3 is 21.1 Å². The van der Waals surface area contributed by atoms with Crippen molar-refractivity contribution in [2.24, 2.45) is 5.92 Å². The highest BCUT2D eigenvalue weighted by molar-refractivity contribution is 6.35. The molecule has 1 rings (SSSR count). The third-order valence-corrected chi connectivity index (χ3v) is 4.93. The Kier molecular flexibility index (Phi) is 12.8. The molecule has 0 aromatic heterocycles. The highest BCUT2D eigenvalue weighted by atomic mass is 19.3. The Bertz CT molecular complexity index is 875. The SMILES string of the molecule is CC(C)C[C@H](NC(=O)[C@H](C/C=C/c1ccccc1)NC(C)C)C(=O)NC(CC(F)F)C(=O)C(=O)O. The van der Waals surface area contributed by atoms with E-state index >= 15 is 0 Å². The Morgan fingerprint density at radius 3 is 1.97 bits per heavy atom. The smallest absolute Gasteiger partial charge is 0.374 e. The number of nitrogens with one attached hydrogen (secondary N) is 3. The standard InChI is InChI=1S/C25H35F2N3O5/c1-15(2)13-20(24(33)29-19(14-21(26)27)22(31)25(34)35)30-23(32)18(28-16(3)4)12-8-11-17-9-6-5-7-10-17/h5-11,15-16,18-21,28H,12-14H2,1-4H3,(H,29,33)(H,30,32)(H,34,35)/b11-8+/t18-,19?,20-/m0/s1. The highest BCUT2D eigenvalue weighted by Crippen LogP contribution is 2.11. The van der Waals surface area contributed by atoms with Crippen LogP contribution >= 0.6 is 0 Å². The minimum atomic E-state index is -3.00. The average Bonchev–Trinajstić information content (AvgIpc) is 2.76. The van der Waals surface area contributed by atoms with E-state index in [1.54, 1.807) is 13.8 Å². The molecule has 0 bridgehead atoms. The van der Waals surface area contributed by atoms with Gasteiger partial charge in [-0.2, -0.15) is 0 Å². The number of hydrogen-bond donors (Lipinski definition) is 4. The van der Waals surface area contributed by atoms with Gasteiger partial charge in [0.1, 0.15) is 12.1 Å². The fourth-order valence-electron chi connectivity index (χ4n) is 3.36. The molecule has 0 aliphatic rings. The zero-order valence-corrected chi connectivity index (χ0v) is 20.5. The molecule has 1 aromatic rings. The maximum Gasteiger partial charge on any atom is 0.374 e. The van der Waals surface area contributed by atoms with Crippen molar-refractivity contribution in [2.45, 2.75) is 77.6 Å². The summed E-state index contributed by atoms with van der Waals surface area (Å²) in [4.78, 5) is 48.7. The number of rotatable bonds is 15. The summed E-state index contributed by atoms with van der Waals surface area (Å²) in [6, 6.07) is 5.74. The quantitative estimate of drug-likeness (QED) is 0.277. The molecule has 0 spiro atoms. The summed E-state index contributed by atoms with van der Waals surface area (Å²) in [5.41, 5.74) is 0.960. The van der Waals surface area contributed by atoms with Gasteiger partial charge in [0, 0.05) is 12.5 Å². The molecule has 0 aliphatic carbocycles. The van der Waals surface area contributed by atoms with E-state index in [1.165, 1.54) is 0 Å². The second-order valence-electron chi connectivity index (χ2n) is 8.97. The van der Waals surface area contributed by atoms with Crippen molar-refractivity contribution < 1.29 is 33.1 Å². The molecule has 0 heterocycles. The Balaban J connectivity index is 3.00. The van der Waals surface area contributed by atoms with E-state index in [9.17, 15) is 28.0 Å². The van der Waals surface area contributed by atoms with Gasteiger partial charge in [0.05, 0.1) is 6.04 Å². The van der Waals surface area contributed by atoms with Crippen molar-refractivity contribution in [2.75, 3.05) is 0 Å². The molecule has 3 atom stereocenters. The van der Waals surface area contributed by atoms with Crippen molar-refractivity contribution in [1.82, 2.24) is 16.0 Å². The normalized spacial score (nSPS) is 14.2. The van der Waals surface area contributed by atoms with Crippen LogP contribution in [-0.2, 0) is 19.2 Å². The Labute approximate surface area is 204 Å². The van der Waals surface area contributed by atoms with Crippen LogP contribution in [0, 0.1) is 5.92 Å². The predicted molar refractivity (Wildman–Crippen MR) is 129 cm³/mol. The van der Waals surface area contributed by atoms with Crippen molar-refractivity contribution in [3.05, 3.63) is 42.0 Å². The van der Waals surface area contributed by atoms with Crippen LogP contribution < -0.4 is 16.0 Å². The number of aliphatic carboxylic acids is 1. The van der Waals surface area contributed by atoms with Gasteiger partial charge >= 0.3 is 5.97 Å². The van der Waals surface area contributed by atoms with E-state index in [-0.39, 0.29) is 18.4 Å². The third-order valence-electron chi connectivity index (χ3n) is 4.93. The number of Topliss-reactive ketones (excluding diaryl/α,β-unsaturated/α-hetero) is 1. The minimum Gasteiger partial charge on any atom is -0.475 e. The first kappa shape index (κ1) is 29.9. The van der Waals surface area contributed by atoms with Crippen molar-refractivity contribution in [3.63, 3.8) is 0 Å². The largest absolute Gasteiger partial charge is 0.475 e. The first-order valence-electron chi connectivity index (χ1n) is 11.5. The van der Waals surface area contributed by atoms with Crippen molar-refractivity contribution in [3.8, 4) is 0 Å². The molecule has 1 unspecified atom stereocenters. The number of carboxylic acid groups (broad SMARTS) is 1. The van der Waals surface area contributed by atoms with E-state index in [2.05, 4.69) is 16.0 Å². The van der Waals surface area contributed by atoms with E-state index in [0.717, 1.165) is 5.56 Å². The average molecular weight is 496 g/mol. The Morgan fingerprint density at radius 2 is 1.46 bits per heavy atom. The number of carboxylic acids is 1. The topological polar surface area (TPSA) is 125 Å². The lowest BCUT2D eigenvalue weighted by molar-refractivity contribution is -0.151. The fraction of sp³-hybridized carbons (Fsp3) is 0.520. The van der Waals surface area contributed by atoms with Gasteiger partial charge in [-0.15, -0.1) is 0 Å². The summed E-state index contributed by atoms with van der Waals surface area (Å²) < 4.78 is 25.7. The number of hydrogen-bond acceptors (Lipinski definition) is 5. The second kappa shape index (κ2) is 15.0. The molecule has 0 radical (unpaired) electrons. The summed E-state index contributed by atoms with van der Waals surface area (Å²) in [5.74, 6) is -4.91. The summed E-state index contributed by atoms with van der Waals surface area (Å²) >= 11 is 0. The van der Waals surface area contributed by atoms with Crippen LogP contribution in [0.15, 0.2) is 36.4 Å². The monoisotopic (exact) mass is 495 g/mol. The molecule has 4 N–H and O–H groups in total. The molecule has 35 heavy (non-hydrogen) atoms. The molecular formula is C25H35F2N3O5. The molecule has 0 saturated heterocycles. The zero-order chi connectivity index (χ0) is 26.5. The lowest BCUT2D eigenvalue weighted by atomic mass is 10.0. The number of benzene rings is 1. The number of carbonyl (C=O) groups excluding carboxylic acids is 3. The van der Waals surface area contributed by atoms with E-state index in [4.69, 9.17) is 5.11 Å². The van der Waals surface area contributed by atoms with Crippen LogP contribution in [0.5, 0.6) is 0 Å². The molecule has 0 fully saturated rings. The summed E-state index contributed by atoms with van der Waals surface area (Å²) in [6.45, 7) is 7.34. The molecule has 8 nitrogen and oxygen atoms in total. The summed E-state index contributed by atoms with van der Waals surface area (Å²) in [7, 11) is 0. The van der Waals surface area contributed by atoms with Gasteiger partial charge in [0.25, 0.3) is 5.78 Å². The first-order valence-corrected chi connectivity index (χ1v) is 11.5. The molecule has 0 aliphatic heterocycles. The minimum absolute atomic E-state index is 0.0446. The van der Waals surface area contributed by atoms with Gasteiger partial charge in [-0.3, -0.25) is 14.4 Å². The lowest BCUT2D eigenvalue weighted by Crippen LogP contribution is -2.56. The van der Waals surface area contributed by atoms with Gasteiger partial charge in [0.15, 0.2) is 0 Å². The maximum atomic E-state index is 13.1. The number of alkyl halides is 2. The van der Waals surface area contributed by atoms with Crippen LogP contribution in [0.25, 0.3) is 6.08 Å². The Hall–Kier alpha value is -3.14. The van der Waals surface area contributed by atoms with Crippen molar-refractivity contribution in [1.29, 1.82) is 0 Å². The van der Waals surface area contributed by atoms with Crippen LogP contribution in [0.1, 0.15) is 52.5 Å². The van der Waals surface area contributed by atoms with Crippen LogP contribution in [0.2, 0.25) is 0 Å². The molecule has 1 aromatic carbocycles. The lowest BCUT2D eigenvalue weighted by Gasteiger charge is -2.26. The fourth-order valence-corrected chi connectivity index (χ4v) is 3.36. The molecular weight excluding hydrogens is 460 g/mol. The number of carbonyl (C=O) groups is 4. The zero-order valence-electron chi connectivity index (χ0n) is 20.5. The van der Waals surface area contributed by atoms with Gasteiger partial charge in [-0.25, -0.2) is 13.6 Å². The third kappa shape index (κ3) is 11.7. The van der Waals surface area contributed by atoms with Gasteiger partial charge in [-0.05, 0) is 24.3 Å². The first-order chi connectivity index (χ1) is 16.4. The maximum absolute atomic E-state index is 13.1. The summed E-state index contributed by atoms with van der Waals surface area (Å²) in [5, 5.41) is 16.8. The molecule has 2 amide bonds. The van der Waals surface area contributed by atoms with Crippen LogP contribution in [-0.4, -0.2) is 59.3 Å². The van der Waals surface area contributed by atoms with Gasteiger partial charge in [-0.1, -0.05) is 70.2 Å². The van der Waals surface area contributed by atoms with E-state index < -0.39 is 54.5 Å². The number of halogens is 2. The highest BCUT2D eigenvalue weighted by Gasteiger charge is 2.33. The van der Waals surface area contributed by atoms with E-state index in [1.807, 2.05) is 56.3 Å². The number of ketones is 1. The Morgan fingerprint density at radius 1 is 0.886 bits per heavy atom. The molecule has 0 saturated carbocycles. The second-order valence-corrected chi connectivity index (χ2v) is 8.97. The summed E-state index contributed by atoms with van der Waals surface area (Å²) in [6.07, 6.45) is 0.0393. The van der Waals surface area contributed by atoms with Gasteiger partial charge in [0.2, 0.25) is 18.2 Å². The predicted octanol–water partition coefficient (Wildman–Crippen LogP) is 2.78. The molecule has 10 heteroatoms. The molecule has 194 valence electrons. The van der Waals surface area contributed by atoms with Crippen molar-refractivity contribution >= 4 is 29.6 Å².